The van der Waals surface area contributed by atoms with Crippen LogP contribution >= 0.6 is 15.9 Å². The first kappa shape index (κ1) is 12.6. The van der Waals surface area contributed by atoms with E-state index in [1.165, 1.54) is 24.5 Å². The van der Waals surface area contributed by atoms with E-state index in [-0.39, 0.29) is 5.56 Å². The molecule has 0 bridgehead atoms. The van der Waals surface area contributed by atoms with Crippen molar-refractivity contribution >= 4 is 27.7 Å². The molecule has 0 spiro atoms. The van der Waals surface area contributed by atoms with Crippen LogP contribution in [0.5, 0.6) is 0 Å². The molecule has 0 aliphatic rings. The molecule has 0 atom stereocenters. The van der Waals surface area contributed by atoms with Gasteiger partial charge in [0.25, 0.3) is 5.91 Å². The number of carbonyl (C=O) groups excluding carboxylic acids is 1. The first-order valence-electron chi connectivity index (χ1n) is 5.11. The lowest BCUT2D eigenvalue weighted by molar-refractivity contribution is 0.102. The van der Waals surface area contributed by atoms with Crippen molar-refractivity contribution in [2.45, 2.75) is 6.92 Å². The third-order valence-corrected chi connectivity index (χ3v) is 2.72. The summed E-state index contributed by atoms with van der Waals surface area (Å²) in [6.45, 7) is 1.74. The van der Waals surface area contributed by atoms with Crippen LogP contribution in [0.15, 0.2) is 35.2 Å². The van der Waals surface area contributed by atoms with Gasteiger partial charge in [0.05, 0.1) is 12.4 Å². The summed E-state index contributed by atoms with van der Waals surface area (Å²) in [5.74, 6) is -0.553. The average molecular weight is 310 g/mol. The van der Waals surface area contributed by atoms with E-state index < -0.39 is 11.7 Å². The lowest BCUT2D eigenvalue weighted by Gasteiger charge is -2.06. The molecule has 0 unspecified atom stereocenters. The number of hydrogen-bond acceptors (Lipinski definition) is 3. The van der Waals surface area contributed by atoms with Crippen LogP contribution < -0.4 is 5.32 Å². The molecule has 0 fully saturated rings. The Balaban J connectivity index is 2.21. The first-order valence-corrected chi connectivity index (χ1v) is 5.90. The van der Waals surface area contributed by atoms with Crippen molar-refractivity contribution in [1.29, 1.82) is 0 Å². The Morgan fingerprint density at radius 2 is 2.11 bits per heavy atom. The number of nitrogens with zero attached hydrogens (tertiary/aromatic N) is 2. The molecular weight excluding hydrogens is 301 g/mol. The number of amides is 1. The van der Waals surface area contributed by atoms with Crippen LogP contribution in [0.2, 0.25) is 0 Å². The van der Waals surface area contributed by atoms with Gasteiger partial charge in [0.1, 0.15) is 10.4 Å². The van der Waals surface area contributed by atoms with Crippen LogP contribution in [0.3, 0.4) is 0 Å². The van der Waals surface area contributed by atoms with Crippen molar-refractivity contribution in [3.05, 3.63) is 52.1 Å². The number of benzene rings is 1. The quantitative estimate of drug-likeness (QED) is 0.928. The van der Waals surface area contributed by atoms with E-state index in [9.17, 15) is 9.18 Å². The molecule has 1 aromatic carbocycles. The van der Waals surface area contributed by atoms with Gasteiger partial charge < -0.3 is 5.32 Å². The zero-order valence-electron chi connectivity index (χ0n) is 9.45. The third-order valence-electron chi connectivity index (χ3n) is 2.31. The topological polar surface area (TPSA) is 54.9 Å². The summed E-state index contributed by atoms with van der Waals surface area (Å²) in [6, 6.07) is 4.06. The van der Waals surface area contributed by atoms with E-state index in [4.69, 9.17) is 0 Å². The number of aromatic nitrogens is 2. The largest absolute Gasteiger partial charge is 0.305 e. The highest BCUT2D eigenvalue weighted by Gasteiger charge is 2.11. The number of hydrogen-bond donors (Lipinski definition) is 1. The molecule has 1 amide bonds. The van der Waals surface area contributed by atoms with E-state index in [0.717, 1.165) is 0 Å². The maximum Gasteiger partial charge on any atom is 0.257 e. The summed E-state index contributed by atoms with van der Waals surface area (Å²) in [5, 5.41) is 2.55. The van der Waals surface area contributed by atoms with Crippen LogP contribution in [0.4, 0.5) is 10.2 Å². The van der Waals surface area contributed by atoms with Crippen molar-refractivity contribution < 1.29 is 9.18 Å². The van der Waals surface area contributed by atoms with Gasteiger partial charge in [0, 0.05) is 5.56 Å². The smallest absolute Gasteiger partial charge is 0.257 e. The first-order chi connectivity index (χ1) is 8.56. The molecular formula is C12H9BrFN3O. The Hall–Kier alpha value is -1.82. The molecule has 1 heterocycles. The van der Waals surface area contributed by atoms with Gasteiger partial charge in [-0.2, -0.15) is 0 Å². The molecule has 0 aliphatic heterocycles. The van der Waals surface area contributed by atoms with E-state index >= 15 is 0 Å². The number of carbonyl (C=O) groups is 1. The normalized spacial score (nSPS) is 10.2. The summed E-state index contributed by atoms with van der Waals surface area (Å²) in [7, 11) is 0. The van der Waals surface area contributed by atoms with Gasteiger partial charge in [-0.15, -0.1) is 0 Å². The number of nitrogens with one attached hydrogen (secondary N) is 1. The number of halogens is 2. The van der Waals surface area contributed by atoms with Crippen LogP contribution in [0.25, 0.3) is 0 Å². The van der Waals surface area contributed by atoms with Crippen LogP contribution in [-0.2, 0) is 0 Å². The second-order valence-corrected chi connectivity index (χ2v) is 4.45. The fraction of sp³-hybridized carbons (Fsp3) is 0.0833. The minimum absolute atomic E-state index is 0.278. The Morgan fingerprint density at radius 3 is 2.78 bits per heavy atom. The Morgan fingerprint density at radius 1 is 1.33 bits per heavy atom. The number of anilines is 1. The van der Waals surface area contributed by atoms with E-state index in [0.29, 0.717) is 16.0 Å². The molecule has 6 heteroatoms. The summed E-state index contributed by atoms with van der Waals surface area (Å²) < 4.78 is 13.7. The zero-order valence-corrected chi connectivity index (χ0v) is 11.0. The maximum absolute atomic E-state index is 13.1. The van der Waals surface area contributed by atoms with Gasteiger partial charge in [-0.25, -0.2) is 14.4 Å². The lowest BCUT2D eigenvalue weighted by atomic mass is 10.1. The number of aryl methyl sites for hydroxylation is 1. The molecule has 1 N–H and O–H groups in total. The maximum atomic E-state index is 13.1. The van der Waals surface area contributed by atoms with Crippen molar-refractivity contribution in [2.24, 2.45) is 0 Å². The summed E-state index contributed by atoms with van der Waals surface area (Å²) in [6.07, 6.45) is 2.88. The molecule has 0 aliphatic carbocycles. The Labute approximate surface area is 111 Å². The highest BCUT2D eigenvalue weighted by atomic mass is 79.9. The molecule has 2 rings (SSSR count). The molecule has 4 nitrogen and oxygen atoms in total. The predicted octanol–water partition coefficient (Wildman–Crippen LogP) is 2.94. The second-order valence-electron chi connectivity index (χ2n) is 3.64. The molecule has 92 valence electrons. The highest BCUT2D eigenvalue weighted by Crippen LogP contribution is 2.13. The van der Waals surface area contributed by atoms with Gasteiger partial charge in [0.15, 0.2) is 5.82 Å². The fourth-order valence-electron chi connectivity index (χ4n) is 1.40. The van der Waals surface area contributed by atoms with Crippen molar-refractivity contribution in [2.75, 3.05) is 5.32 Å². The van der Waals surface area contributed by atoms with Crippen molar-refractivity contribution in [3.63, 3.8) is 0 Å². The van der Waals surface area contributed by atoms with Crippen LogP contribution in [0.1, 0.15) is 15.9 Å². The van der Waals surface area contributed by atoms with Gasteiger partial charge >= 0.3 is 0 Å². The average Bonchev–Trinajstić information content (AvgIpc) is 2.35. The van der Waals surface area contributed by atoms with Crippen molar-refractivity contribution in [3.8, 4) is 0 Å². The Kier molecular flexibility index (Phi) is 3.66. The third kappa shape index (κ3) is 2.89. The second kappa shape index (κ2) is 5.22. The fourth-order valence-corrected chi connectivity index (χ4v) is 1.60. The lowest BCUT2D eigenvalue weighted by Crippen LogP contribution is -2.14. The standard InChI is InChI=1S/C12H9BrFN3O/c1-7-2-3-8(14)4-9(7)12(18)17-11-6-15-10(13)5-16-11/h2-6H,1H3,(H,16,17,18). The van der Waals surface area contributed by atoms with Gasteiger partial charge in [-0.3, -0.25) is 4.79 Å². The minimum atomic E-state index is -0.451. The minimum Gasteiger partial charge on any atom is -0.305 e. The molecule has 2 aromatic rings. The molecule has 1 aromatic heterocycles. The SMILES string of the molecule is Cc1ccc(F)cc1C(=O)Nc1cnc(Br)cn1. The molecule has 0 radical (unpaired) electrons. The zero-order chi connectivity index (χ0) is 13.1. The van der Waals surface area contributed by atoms with Gasteiger partial charge in [-0.05, 0) is 40.5 Å². The van der Waals surface area contributed by atoms with Crippen LogP contribution in [0, 0.1) is 12.7 Å². The summed E-state index contributed by atoms with van der Waals surface area (Å²) >= 11 is 3.14. The van der Waals surface area contributed by atoms with E-state index in [2.05, 4.69) is 31.2 Å². The van der Waals surface area contributed by atoms with Crippen molar-refractivity contribution in [1.82, 2.24) is 9.97 Å². The number of rotatable bonds is 2. The highest BCUT2D eigenvalue weighted by molar-refractivity contribution is 9.10. The molecule has 0 saturated carbocycles. The summed E-state index contributed by atoms with van der Waals surface area (Å²) in [5.41, 5.74) is 0.971. The monoisotopic (exact) mass is 309 g/mol. The summed E-state index contributed by atoms with van der Waals surface area (Å²) in [4.78, 5) is 19.8. The Bertz CT molecular complexity index is 586. The molecule has 0 saturated heterocycles. The van der Waals surface area contributed by atoms with Crippen LogP contribution in [-0.4, -0.2) is 15.9 Å². The van der Waals surface area contributed by atoms with E-state index in [1.54, 1.807) is 13.0 Å². The van der Waals surface area contributed by atoms with E-state index in [1.807, 2.05) is 0 Å². The van der Waals surface area contributed by atoms with Gasteiger partial charge in [-0.1, -0.05) is 6.07 Å². The van der Waals surface area contributed by atoms with Gasteiger partial charge in [0.2, 0.25) is 0 Å². The predicted molar refractivity (Wildman–Crippen MR) is 68.8 cm³/mol. The molecule has 18 heavy (non-hydrogen) atoms.